The summed E-state index contributed by atoms with van der Waals surface area (Å²) in [5.74, 6) is -1.36. The summed E-state index contributed by atoms with van der Waals surface area (Å²) in [6.07, 6.45) is -0.760. The van der Waals surface area contributed by atoms with Gasteiger partial charge in [-0.1, -0.05) is 55.5 Å². The smallest absolute Gasteiger partial charge is 0.413 e. The number of hydrogen-bond donors (Lipinski definition) is 3. The molecule has 0 aliphatic rings. The van der Waals surface area contributed by atoms with Crippen LogP contribution in [0.25, 0.3) is 0 Å². The predicted octanol–water partition coefficient (Wildman–Crippen LogP) is 4.23. The molecule has 0 fully saturated rings. The van der Waals surface area contributed by atoms with E-state index in [0.717, 1.165) is 0 Å². The van der Waals surface area contributed by atoms with Crippen molar-refractivity contribution in [1.82, 2.24) is 5.32 Å². The molecule has 3 aromatic rings. The number of aliphatic imine (C=N–C) groups is 1. The lowest BCUT2D eigenvalue weighted by Gasteiger charge is -2.16. The van der Waals surface area contributed by atoms with Gasteiger partial charge in [0.05, 0.1) is 18.5 Å². The van der Waals surface area contributed by atoms with Crippen LogP contribution in [0.15, 0.2) is 83.9 Å². The minimum atomic E-state index is -0.855. The van der Waals surface area contributed by atoms with Crippen molar-refractivity contribution in [1.29, 1.82) is 0 Å². The lowest BCUT2D eigenvalue weighted by molar-refractivity contribution is -0.117. The van der Waals surface area contributed by atoms with Crippen LogP contribution in [0.2, 0.25) is 0 Å². The monoisotopic (exact) mass is 472 g/mol. The van der Waals surface area contributed by atoms with Crippen LogP contribution in [-0.2, 0) is 9.53 Å². The van der Waals surface area contributed by atoms with Crippen molar-refractivity contribution in [3.05, 3.63) is 95.6 Å². The van der Waals surface area contributed by atoms with Gasteiger partial charge in [0.15, 0.2) is 5.78 Å². The molecule has 0 saturated carbocycles. The molecule has 9 heteroatoms. The molecule has 0 bridgehead atoms. The van der Waals surface area contributed by atoms with E-state index < -0.39 is 12.0 Å². The van der Waals surface area contributed by atoms with Crippen LogP contribution in [0, 0.1) is 0 Å². The van der Waals surface area contributed by atoms with Crippen molar-refractivity contribution >= 4 is 41.0 Å². The standard InChI is InChI=1S/C26H24N4O5/c1-3-22(31)29-25(30-26(34)35-2)28-21-16-19(23(32)17-10-6-4-7-11-17)14-15-20(21)27-24(33)18-12-8-5-9-13-18/h4-16H,3H2,1-2H3,(H,27,33)(H2,28,29,30,31,34). The number of benzene rings is 3. The summed E-state index contributed by atoms with van der Waals surface area (Å²) in [4.78, 5) is 53.4. The molecular formula is C26H24N4O5. The Hall–Kier alpha value is -4.79. The van der Waals surface area contributed by atoms with Crippen LogP contribution in [-0.4, -0.2) is 36.8 Å². The summed E-state index contributed by atoms with van der Waals surface area (Å²) in [5, 5.41) is 7.94. The summed E-state index contributed by atoms with van der Waals surface area (Å²) < 4.78 is 4.60. The van der Waals surface area contributed by atoms with E-state index in [1.54, 1.807) is 79.7 Å². The SMILES string of the molecule is CCC(=O)/N=C(/NC(=O)OC)Nc1cc(C(=O)c2ccccc2)ccc1NC(=O)c1ccccc1. The van der Waals surface area contributed by atoms with E-state index in [0.29, 0.717) is 22.4 Å². The Morgan fingerprint density at radius 1 is 0.771 bits per heavy atom. The van der Waals surface area contributed by atoms with Gasteiger partial charge in [-0.25, -0.2) is 4.79 Å². The first-order chi connectivity index (χ1) is 16.9. The highest BCUT2D eigenvalue weighted by Gasteiger charge is 2.17. The number of ether oxygens (including phenoxy) is 1. The third-order valence-electron chi connectivity index (χ3n) is 4.80. The molecule has 3 amide bonds. The van der Waals surface area contributed by atoms with E-state index >= 15 is 0 Å². The van der Waals surface area contributed by atoms with E-state index in [1.807, 2.05) is 0 Å². The number of anilines is 2. The minimum absolute atomic E-state index is 0.0954. The summed E-state index contributed by atoms with van der Waals surface area (Å²) in [6, 6.07) is 21.9. The van der Waals surface area contributed by atoms with E-state index in [2.05, 4.69) is 25.7 Å². The van der Waals surface area contributed by atoms with Crippen molar-refractivity contribution < 1.29 is 23.9 Å². The Morgan fingerprint density at radius 2 is 1.40 bits per heavy atom. The molecule has 35 heavy (non-hydrogen) atoms. The van der Waals surface area contributed by atoms with Crippen LogP contribution >= 0.6 is 0 Å². The van der Waals surface area contributed by atoms with Crippen molar-refractivity contribution in [2.75, 3.05) is 17.7 Å². The lowest BCUT2D eigenvalue weighted by Crippen LogP contribution is -2.36. The molecule has 0 radical (unpaired) electrons. The minimum Gasteiger partial charge on any atom is -0.453 e. The zero-order valence-corrected chi connectivity index (χ0v) is 19.2. The third kappa shape index (κ3) is 6.84. The quantitative estimate of drug-likeness (QED) is 0.280. The molecule has 0 aliphatic heterocycles. The number of hydrogen-bond acceptors (Lipinski definition) is 5. The van der Waals surface area contributed by atoms with Crippen molar-refractivity contribution in [3.8, 4) is 0 Å². The molecule has 0 saturated heterocycles. The number of nitrogens with zero attached hydrogens (tertiary/aromatic N) is 1. The Labute approximate surface area is 202 Å². The van der Waals surface area contributed by atoms with Gasteiger partial charge in [0.1, 0.15) is 0 Å². The number of alkyl carbamates (subject to hydrolysis) is 1. The summed E-state index contributed by atoms with van der Waals surface area (Å²) in [7, 11) is 1.17. The van der Waals surface area contributed by atoms with E-state index in [-0.39, 0.29) is 29.8 Å². The second-order valence-electron chi connectivity index (χ2n) is 7.22. The predicted molar refractivity (Wildman–Crippen MR) is 133 cm³/mol. The first-order valence-electron chi connectivity index (χ1n) is 10.7. The molecule has 9 nitrogen and oxygen atoms in total. The van der Waals surface area contributed by atoms with Gasteiger partial charge >= 0.3 is 6.09 Å². The number of rotatable bonds is 6. The van der Waals surface area contributed by atoms with Gasteiger partial charge in [0.25, 0.3) is 5.91 Å². The van der Waals surface area contributed by atoms with Gasteiger partial charge in [-0.15, -0.1) is 0 Å². The maximum atomic E-state index is 13.0. The van der Waals surface area contributed by atoms with Crippen molar-refractivity contribution in [3.63, 3.8) is 0 Å². The van der Waals surface area contributed by atoms with Gasteiger partial charge in [0.2, 0.25) is 11.9 Å². The number of methoxy groups -OCH3 is 1. The van der Waals surface area contributed by atoms with Crippen LogP contribution in [0.3, 0.4) is 0 Å². The Balaban J connectivity index is 2.01. The fraction of sp³-hybridized carbons (Fsp3) is 0.115. The number of ketones is 1. The number of carbonyl (C=O) groups excluding carboxylic acids is 4. The van der Waals surface area contributed by atoms with Gasteiger partial charge in [-0.2, -0.15) is 4.99 Å². The van der Waals surface area contributed by atoms with Crippen LogP contribution in [0.4, 0.5) is 16.2 Å². The zero-order valence-electron chi connectivity index (χ0n) is 19.2. The van der Waals surface area contributed by atoms with Gasteiger partial charge < -0.3 is 15.4 Å². The van der Waals surface area contributed by atoms with Gasteiger partial charge in [-0.3, -0.25) is 19.7 Å². The molecule has 0 aliphatic carbocycles. The van der Waals surface area contributed by atoms with Crippen molar-refractivity contribution in [2.24, 2.45) is 4.99 Å². The van der Waals surface area contributed by atoms with Gasteiger partial charge in [-0.05, 0) is 30.3 Å². The third-order valence-corrected chi connectivity index (χ3v) is 4.80. The molecule has 3 aromatic carbocycles. The second-order valence-corrected chi connectivity index (χ2v) is 7.22. The summed E-state index contributed by atoms with van der Waals surface area (Å²) in [5.41, 5.74) is 1.74. The maximum absolute atomic E-state index is 13.0. The number of guanidine groups is 1. The summed E-state index contributed by atoms with van der Waals surface area (Å²) in [6.45, 7) is 1.62. The average molecular weight is 473 g/mol. The molecule has 0 aromatic heterocycles. The highest BCUT2D eigenvalue weighted by molar-refractivity contribution is 6.14. The van der Waals surface area contributed by atoms with Crippen LogP contribution in [0.5, 0.6) is 0 Å². The molecular weight excluding hydrogens is 448 g/mol. The second kappa shape index (κ2) is 11.9. The molecule has 178 valence electrons. The fourth-order valence-corrected chi connectivity index (χ4v) is 3.00. The zero-order chi connectivity index (χ0) is 25.2. The largest absolute Gasteiger partial charge is 0.453 e. The fourth-order valence-electron chi connectivity index (χ4n) is 3.00. The highest BCUT2D eigenvalue weighted by atomic mass is 16.5. The number of nitrogens with one attached hydrogen (secondary N) is 3. The first-order valence-corrected chi connectivity index (χ1v) is 10.7. The van der Waals surface area contributed by atoms with Crippen LogP contribution < -0.4 is 16.0 Å². The maximum Gasteiger partial charge on any atom is 0.413 e. The Kier molecular flexibility index (Phi) is 8.44. The highest BCUT2D eigenvalue weighted by Crippen LogP contribution is 2.26. The van der Waals surface area contributed by atoms with E-state index in [4.69, 9.17) is 0 Å². The normalized spacial score (nSPS) is 10.7. The molecule has 0 spiro atoms. The average Bonchev–Trinajstić information content (AvgIpc) is 2.89. The molecule has 0 unspecified atom stereocenters. The molecule has 0 heterocycles. The lowest BCUT2D eigenvalue weighted by atomic mass is 10.0. The van der Waals surface area contributed by atoms with Gasteiger partial charge in [0, 0.05) is 23.1 Å². The topological polar surface area (TPSA) is 126 Å². The van der Waals surface area contributed by atoms with E-state index in [1.165, 1.54) is 13.2 Å². The van der Waals surface area contributed by atoms with E-state index in [9.17, 15) is 19.2 Å². The molecule has 3 N–H and O–H groups in total. The first kappa shape index (κ1) is 24.8. The molecule has 0 atom stereocenters. The Morgan fingerprint density at radius 3 is 2.00 bits per heavy atom. The Bertz CT molecular complexity index is 1260. The summed E-state index contributed by atoms with van der Waals surface area (Å²) >= 11 is 0. The molecule has 3 rings (SSSR count). The number of carbonyl (C=O) groups is 4. The van der Waals surface area contributed by atoms with Crippen LogP contribution in [0.1, 0.15) is 39.6 Å². The van der Waals surface area contributed by atoms with Crippen molar-refractivity contribution in [2.45, 2.75) is 13.3 Å². The number of amides is 3.